The van der Waals surface area contributed by atoms with Crippen LogP contribution in [0, 0.1) is 0 Å². The predicted octanol–water partition coefficient (Wildman–Crippen LogP) is 11.2. The maximum atomic E-state index is 13.1. The minimum absolute atomic E-state index is 0.0135. The first-order valence-electron chi connectivity index (χ1n) is 27.4. The number of nitrogens with zero attached hydrogens (tertiary/aromatic N) is 1. The van der Waals surface area contributed by atoms with Gasteiger partial charge in [0.25, 0.3) is 11.8 Å². The SMILES string of the molecule is CC(C)(C)SSCC(NC(=O)OCC1c2ccccc2-c2ccccc21)C(=O)NCCCCCC(=O)O.CC(C)(C)SSCC(NC(=O)OCC1c2ccccc2-c2ccccc21)C(=O)NCCCCCC(=O)ON1C(=O)CCC1=O. The number of rotatable bonds is 27. The number of ether oxygens (including phenoxy) is 2. The number of benzene rings is 4. The fourth-order valence-corrected chi connectivity index (χ4v) is 14.0. The monoisotopic (exact) mass is 1190 g/mol. The molecule has 2 unspecified atom stereocenters. The molecule has 0 aromatic heterocycles. The number of carboxylic acids is 1. The number of aliphatic carboxylic acids is 1. The van der Waals surface area contributed by atoms with Crippen LogP contribution in [0.5, 0.6) is 0 Å². The number of imide groups is 1. The zero-order valence-corrected chi connectivity index (χ0v) is 50.1. The van der Waals surface area contributed by atoms with Crippen LogP contribution >= 0.6 is 43.2 Å². The number of nitrogens with one attached hydrogen (secondary N) is 4. The van der Waals surface area contributed by atoms with Crippen LogP contribution in [0.2, 0.25) is 0 Å². The summed E-state index contributed by atoms with van der Waals surface area (Å²) in [5, 5.41) is 20.5. The molecule has 0 bridgehead atoms. The number of carboxylic acid groups (broad SMARTS) is 1. The van der Waals surface area contributed by atoms with E-state index in [-0.39, 0.29) is 72.0 Å². The Kier molecular flexibility index (Phi) is 24.8. The molecule has 0 saturated carbocycles. The Hall–Kier alpha value is -6.16. The molecule has 17 nitrogen and oxygen atoms in total. The normalized spacial score (nSPS) is 14.3. The second kappa shape index (κ2) is 31.3. The molecule has 1 fully saturated rings. The van der Waals surface area contributed by atoms with Gasteiger partial charge >= 0.3 is 24.1 Å². The largest absolute Gasteiger partial charge is 0.481 e. The molecule has 21 heteroatoms. The van der Waals surface area contributed by atoms with Crippen LogP contribution in [-0.2, 0) is 43.1 Å². The number of hydrogen-bond donors (Lipinski definition) is 5. The first-order chi connectivity index (χ1) is 38.7. The quantitative estimate of drug-likeness (QED) is 0.0212. The highest BCUT2D eigenvalue weighted by Crippen LogP contribution is 2.46. The number of amides is 6. The predicted molar refractivity (Wildman–Crippen MR) is 321 cm³/mol. The highest BCUT2D eigenvalue weighted by Gasteiger charge is 2.34. The van der Waals surface area contributed by atoms with Crippen molar-refractivity contribution in [2.75, 3.05) is 37.8 Å². The number of alkyl carbamates (subject to hydrolysis) is 2. The molecule has 81 heavy (non-hydrogen) atoms. The van der Waals surface area contributed by atoms with Crippen LogP contribution in [0.15, 0.2) is 97.1 Å². The topological polar surface area (TPSA) is 236 Å². The van der Waals surface area contributed by atoms with Gasteiger partial charge in [0.05, 0.1) is 0 Å². The average molecular weight is 1190 g/mol. The molecule has 5 N–H and O–H groups in total. The molecule has 0 radical (unpaired) electrons. The van der Waals surface area contributed by atoms with Gasteiger partial charge < -0.3 is 40.7 Å². The third-order valence-corrected chi connectivity index (χ3v) is 19.6. The van der Waals surface area contributed by atoms with Crippen LogP contribution in [-0.4, -0.2) is 117 Å². The third kappa shape index (κ3) is 20.4. The molecule has 1 heterocycles. The van der Waals surface area contributed by atoms with Crippen LogP contribution in [0.4, 0.5) is 9.59 Å². The lowest BCUT2D eigenvalue weighted by molar-refractivity contribution is -0.197. The van der Waals surface area contributed by atoms with Gasteiger partial charge in [-0.25, -0.2) is 14.4 Å². The van der Waals surface area contributed by atoms with E-state index in [9.17, 15) is 38.4 Å². The number of hydrogen-bond acceptors (Lipinski definition) is 15. The fourth-order valence-electron chi connectivity index (χ4n) is 9.11. The van der Waals surface area contributed by atoms with E-state index in [4.69, 9.17) is 19.4 Å². The van der Waals surface area contributed by atoms with Crippen molar-refractivity contribution in [3.05, 3.63) is 119 Å². The molecule has 1 aliphatic heterocycles. The van der Waals surface area contributed by atoms with E-state index in [0.29, 0.717) is 68.2 Å². The molecule has 3 aliphatic rings. The summed E-state index contributed by atoms with van der Waals surface area (Å²) < 4.78 is 11.3. The van der Waals surface area contributed by atoms with Gasteiger partial charge in [-0.15, -0.1) is 5.06 Å². The zero-order valence-electron chi connectivity index (χ0n) is 46.9. The molecule has 4 aromatic carbocycles. The Morgan fingerprint density at radius 2 is 0.901 bits per heavy atom. The van der Waals surface area contributed by atoms with Gasteiger partial charge in [-0.1, -0.05) is 195 Å². The Bertz CT molecular complexity index is 2730. The van der Waals surface area contributed by atoms with Crippen molar-refractivity contribution in [3.63, 3.8) is 0 Å². The minimum Gasteiger partial charge on any atom is -0.481 e. The smallest absolute Gasteiger partial charge is 0.407 e. The van der Waals surface area contributed by atoms with Crippen LogP contribution < -0.4 is 21.3 Å². The Balaban J connectivity index is 0.000000265. The zero-order chi connectivity index (χ0) is 58.5. The highest BCUT2D eigenvalue weighted by molar-refractivity contribution is 8.77. The molecule has 2 atom stereocenters. The molecule has 436 valence electrons. The lowest BCUT2D eigenvalue weighted by Gasteiger charge is -2.21. The number of carbonyl (C=O) groups excluding carboxylic acids is 7. The summed E-state index contributed by atoms with van der Waals surface area (Å²) in [4.78, 5) is 102. The summed E-state index contributed by atoms with van der Waals surface area (Å²) in [5.41, 5.74) is 9.07. The molecule has 1 saturated heterocycles. The molecule has 6 amide bonds. The summed E-state index contributed by atoms with van der Waals surface area (Å²) in [6.45, 7) is 13.6. The van der Waals surface area contributed by atoms with Gasteiger partial charge in [-0.3, -0.25) is 24.0 Å². The molecule has 0 spiro atoms. The molecular weight excluding hydrogens is 1110 g/mol. The fraction of sp³-hybridized carbons (Fsp3) is 0.467. The van der Waals surface area contributed by atoms with Gasteiger partial charge in [0.1, 0.15) is 25.3 Å². The van der Waals surface area contributed by atoms with E-state index in [1.54, 1.807) is 21.6 Å². The van der Waals surface area contributed by atoms with Crippen LogP contribution in [0.25, 0.3) is 22.3 Å². The summed E-state index contributed by atoms with van der Waals surface area (Å²) in [5.74, 6) is -2.43. The number of carbonyl (C=O) groups is 8. The summed E-state index contributed by atoms with van der Waals surface area (Å²) in [6.07, 6.45) is 2.68. The number of unbranched alkanes of at least 4 members (excludes halogenated alkanes) is 4. The highest BCUT2D eigenvalue weighted by atomic mass is 33.1. The second-order valence-electron chi connectivity index (χ2n) is 21.6. The maximum Gasteiger partial charge on any atom is 0.407 e. The van der Waals surface area contributed by atoms with Gasteiger partial charge in [0.2, 0.25) is 11.8 Å². The molecule has 4 aromatic rings. The Morgan fingerprint density at radius 1 is 0.543 bits per heavy atom. The minimum atomic E-state index is -0.815. The Morgan fingerprint density at radius 3 is 1.26 bits per heavy atom. The second-order valence-corrected chi connectivity index (χ2v) is 28.0. The van der Waals surface area contributed by atoms with E-state index in [1.165, 1.54) is 21.6 Å². The van der Waals surface area contributed by atoms with Crippen LogP contribution in [0.3, 0.4) is 0 Å². The number of fused-ring (bicyclic) bond motifs is 6. The first kappa shape index (κ1) is 64.0. The maximum absolute atomic E-state index is 13.1. The first-order valence-corrected chi connectivity index (χ1v) is 32.0. The van der Waals surface area contributed by atoms with Crippen molar-refractivity contribution in [1.29, 1.82) is 0 Å². The van der Waals surface area contributed by atoms with E-state index in [0.717, 1.165) is 44.5 Å². The Labute approximate surface area is 490 Å². The van der Waals surface area contributed by atoms with Crippen molar-refractivity contribution in [1.82, 2.24) is 26.3 Å². The van der Waals surface area contributed by atoms with E-state index >= 15 is 0 Å². The van der Waals surface area contributed by atoms with Crippen molar-refractivity contribution in [2.45, 2.75) is 139 Å². The molecular formula is C60H75N5O12S4. The number of hydroxylamine groups is 2. The van der Waals surface area contributed by atoms with Crippen LogP contribution in [0.1, 0.15) is 140 Å². The van der Waals surface area contributed by atoms with Gasteiger partial charge in [0.15, 0.2) is 0 Å². The van der Waals surface area contributed by atoms with E-state index in [2.05, 4.69) is 111 Å². The van der Waals surface area contributed by atoms with Crippen molar-refractivity contribution in [2.24, 2.45) is 0 Å². The summed E-state index contributed by atoms with van der Waals surface area (Å²) in [7, 11) is 6.32. The van der Waals surface area contributed by atoms with Crippen molar-refractivity contribution < 1.29 is 57.8 Å². The summed E-state index contributed by atoms with van der Waals surface area (Å²) in [6, 6.07) is 31.0. The third-order valence-electron chi connectivity index (χ3n) is 12.9. The van der Waals surface area contributed by atoms with Gasteiger partial charge in [-0.05, 0) is 70.2 Å². The summed E-state index contributed by atoms with van der Waals surface area (Å²) >= 11 is 0. The average Bonchev–Trinajstić information content (AvgIpc) is 4.19. The van der Waals surface area contributed by atoms with E-state index in [1.807, 2.05) is 48.5 Å². The molecule has 7 rings (SSSR count). The van der Waals surface area contributed by atoms with Crippen molar-refractivity contribution >= 4 is 90.9 Å². The molecule has 2 aliphatic carbocycles. The standard InChI is InChI=1S/C32H39N3O7S2.C28H36N2O5S2/c1-32(2,3)44-43-20-26(30(39)33-18-10-4-5-15-29(38)42-35-27(36)16-17-28(35)37)34-31(40)41-19-25-23-13-8-6-11-21(23)22-12-7-9-14-24(22)25;1-28(2,3)37-36-18-24(26(33)29-16-10-4-5-15-25(31)32)30-27(34)35-17-23-21-13-8-6-11-19(21)20-12-7-9-14-22(20)23/h6-9,11-14,25-26H,4-5,10,15-20H2,1-3H3,(H,33,39)(H,34,40);6-9,11-14,23-24H,4-5,10,15-18H2,1-3H3,(H,29,33)(H,30,34)(H,31,32). The van der Waals surface area contributed by atoms with Crippen molar-refractivity contribution in [3.8, 4) is 22.3 Å². The lowest BCUT2D eigenvalue weighted by Crippen LogP contribution is -2.48. The van der Waals surface area contributed by atoms with E-state index < -0.39 is 48.0 Å². The van der Waals surface area contributed by atoms with Gasteiger partial charge in [-0.2, -0.15) is 0 Å². The lowest BCUT2D eigenvalue weighted by atomic mass is 9.98. The van der Waals surface area contributed by atoms with Gasteiger partial charge in [0, 0.05) is 71.6 Å².